The van der Waals surface area contributed by atoms with E-state index in [4.69, 9.17) is 9.73 Å². The van der Waals surface area contributed by atoms with Gasteiger partial charge in [-0.2, -0.15) is 0 Å². The number of aliphatic imine (C=N–C) groups is 1. The van der Waals surface area contributed by atoms with E-state index in [0.717, 1.165) is 60.6 Å². The predicted octanol–water partition coefficient (Wildman–Crippen LogP) is 6.57. The molecule has 0 aliphatic carbocycles. The SMILES string of the molecule is CCN1C(=O)/C(=C\c2cc3c(cc2C)N(CC)C(C)(C)CC3C)SC1=Nc1ccc(N2CCOCC2)cc1. The standard InChI is InChI=1S/C31H40N4O2S/c1-7-34-29(36)28(38-30(34)32-24-9-11-25(12-10-24)33-13-15-37-16-14-33)19-23-18-26-22(4)20-31(5,6)35(8-2)27(26)17-21(23)3/h9-12,17-19,22H,7-8,13-16,20H2,1-6H3/b28-19+,32-30?. The Morgan fingerprint density at radius 2 is 1.82 bits per heavy atom. The summed E-state index contributed by atoms with van der Waals surface area (Å²) < 4.78 is 5.47. The smallest absolute Gasteiger partial charge is 0.266 e. The minimum absolute atomic E-state index is 0.0303. The molecule has 202 valence electrons. The number of fused-ring (bicyclic) bond motifs is 1. The number of benzene rings is 2. The van der Waals surface area contributed by atoms with Crippen molar-refractivity contribution in [3.8, 4) is 0 Å². The summed E-state index contributed by atoms with van der Waals surface area (Å²) in [6.45, 7) is 18.3. The van der Waals surface area contributed by atoms with E-state index in [-0.39, 0.29) is 11.4 Å². The maximum absolute atomic E-state index is 13.4. The molecule has 2 aromatic carbocycles. The first-order chi connectivity index (χ1) is 18.2. The number of morpholine rings is 1. The molecule has 3 heterocycles. The summed E-state index contributed by atoms with van der Waals surface area (Å²) in [5.74, 6) is 0.500. The van der Waals surface area contributed by atoms with Crippen molar-refractivity contribution < 1.29 is 9.53 Å². The minimum atomic E-state index is 0.0303. The Morgan fingerprint density at radius 3 is 2.47 bits per heavy atom. The zero-order valence-corrected chi connectivity index (χ0v) is 24.4. The van der Waals surface area contributed by atoms with Crippen molar-refractivity contribution in [2.24, 2.45) is 4.99 Å². The van der Waals surface area contributed by atoms with Crippen LogP contribution >= 0.6 is 11.8 Å². The fraction of sp³-hybridized carbons (Fsp3) is 0.484. The quantitative estimate of drug-likeness (QED) is 0.408. The van der Waals surface area contributed by atoms with E-state index in [9.17, 15) is 4.79 Å². The van der Waals surface area contributed by atoms with Crippen LogP contribution in [0.25, 0.3) is 6.08 Å². The van der Waals surface area contributed by atoms with Crippen LogP contribution in [-0.4, -0.2) is 60.9 Å². The van der Waals surface area contributed by atoms with Gasteiger partial charge >= 0.3 is 0 Å². The molecular formula is C31H40N4O2S. The fourth-order valence-electron chi connectivity index (χ4n) is 6.09. The van der Waals surface area contributed by atoms with Crippen molar-refractivity contribution in [2.45, 2.75) is 59.4 Å². The molecule has 3 aliphatic rings. The van der Waals surface area contributed by atoms with Gasteiger partial charge in [-0.15, -0.1) is 0 Å². The van der Waals surface area contributed by atoms with Gasteiger partial charge in [-0.3, -0.25) is 9.69 Å². The maximum Gasteiger partial charge on any atom is 0.266 e. The highest BCUT2D eigenvalue weighted by atomic mass is 32.2. The average molecular weight is 533 g/mol. The fourth-order valence-corrected chi connectivity index (χ4v) is 7.14. The van der Waals surface area contributed by atoms with Gasteiger partial charge < -0.3 is 14.5 Å². The molecule has 0 N–H and O–H groups in total. The number of carbonyl (C=O) groups is 1. The summed E-state index contributed by atoms with van der Waals surface area (Å²) in [7, 11) is 0. The van der Waals surface area contributed by atoms with Crippen molar-refractivity contribution in [3.05, 3.63) is 58.0 Å². The average Bonchev–Trinajstić information content (AvgIpc) is 3.19. The van der Waals surface area contributed by atoms with Crippen LogP contribution in [0.4, 0.5) is 17.1 Å². The summed E-state index contributed by atoms with van der Waals surface area (Å²) in [6.07, 6.45) is 3.18. The lowest BCUT2D eigenvalue weighted by atomic mass is 9.79. The predicted molar refractivity (Wildman–Crippen MR) is 161 cm³/mol. The number of thioether (sulfide) groups is 1. The monoisotopic (exact) mass is 532 g/mol. The molecule has 1 unspecified atom stereocenters. The van der Waals surface area contributed by atoms with E-state index in [1.165, 1.54) is 34.3 Å². The normalized spacial score (nSPS) is 23.5. The summed E-state index contributed by atoms with van der Waals surface area (Å²) in [5.41, 5.74) is 7.20. The van der Waals surface area contributed by atoms with Crippen molar-refractivity contribution in [3.63, 3.8) is 0 Å². The minimum Gasteiger partial charge on any atom is -0.378 e. The second kappa shape index (κ2) is 10.8. The van der Waals surface area contributed by atoms with Gasteiger partial charge in [-0.25, -0.2) is 4.99 Å². The van der Waals surface area contributed by atoms with E-state index in [2.05, 4.69) is 74.8 Å². The van der Waals surface area contributed by atoms with E-state index >= 15 is 0 Å². The van der Waals surface area contributed by atoms with Gasteiger partial charge in [-0.05, 0) is 118 Å². The summed E-state index contributed by atoms with van der Waals surface area (Å²) in [4.78, 5) is 25.6. The van der Waals surface area contributed by atoms with Gasteiger partial charge in [-0.1, -0.05) is 6.92 Å². The summed E-state index contributed by atoms with van der Waals surface area (Å²) >= 11 is 1.48. The number of carbonyl (C=O) groups excluding carboxylic acids is 1. The molecule has 0 bridgehead atoms. The number of hydrogen-bond acceptors (Lipinski definition) is 6. The molecule has 2 aromatic rings. The largest absolute Gasteiger partial charge is 0.378 e. The lowest BCUT2D eigenvalue weighted by molar-refractivity contribution is -0.122. The van der Waals surface area contributed by atoms with Crippen LogP contribution in [-0.2, 0) is 9.53 Å². The van der Waals surface area contributed by atoms with Gasteiger partial charge in [0.05, 0.1) is 23.8 Å². The second-order valence-corrected chi connectivity index (χ2v) is 12.1. The first-order valence-electron chi connectivity index (χ1n) is 13.9. The first-order valence-corrected chi connectivity index (χ1v) is 14.7. The van der Waals surface area contributed by atoms with E-state index in [0.29, 0.717) is 12.5 Å². The Labute approximate surface area is 231 Å². The number of likely N-dealkylation sites (N-methyl/N-ethyl adjacent to an activating group) is 1. The molecule has 0 saturated carbocycles. The van der Waals surface area contributed by atoms with Gasteiger partial charge in [0.2, 0.25) is 0 Å². The third-order valence-electron chi connectivity index (χ3n) is 8.03. The molecule has 0 radical (unpaired) electrons. The number of ether oxygens (including phenoxy) is 1. The molecule has 38 heavy (non-hydrogen) atoms. The van der Waals surface area contributed by atoms with Gasteiger partial charge in [0.1, 0.15) is 0 Å². The molecule has 0 spiro atoms. The molecule has 2 saturated heterocycles. The number of nitrogens with zero attached hydrogens (tertiary/aromatic N) is 4. The van der Waals surface area contributed by atoms with Crippen molar-refractivity contribution in [1.29, 1.82) is 0 Å². The summed E-state index contributed by atoms with van der Waals surface area (Å²) in [5, 5.41) is 0.741. The molecule has 6 nitrogen and oxygen atoms in total. The van der Waals surface area contributed by atoms with Crippen LogP contribution in [0.2, 0.25) is 0 Å². The van der Waals surface area contributed by atoms with E-state index < -0.39 is 0 Å². The Hall–Kier alpha value is -2.77. The highest BCUT2D eigenvalue weighted by Crippen LogP contribution is 2.45. The second-order valence-electron chi connectivity index (χ2n) is 11.1. The molecule has 0 aromatic heterocycles. The lowest BCUT2D eigenvalue weighted by Crippen LogP contribution is -2.48. The molecule has 7 heteroatoms. The Bertz CT molecular complexity index is 1260. The Kier molecular flexibility index (Phi) is 7.60. The lowest BCUT2D eigenvalue weighted by Gasteiger charge is -2.47. The van der Waals surface area contributed by atoms with Crippen LogP contribution < -0.4 is 9.80 Å². The zero-order chi connectivity index (χ0) is 27.0. The number of anilines is 2. The van der Waals surface area contributed by atoms with Crippen molar-refractivity contribution in [2.75, 3.05) is 49.2 Å². The number of hydrogen-bond donors (Lipinski definition) is 0. The third kappa shape index (κ3) is 5.10. The van der Waals surface area contributed by atoms with Crippen LogP contribution in [0.1, 0.15) is 63.6 Å². The van der Waals surface area contributed by atoms with Crippen LogP contribution in [0, 0.1) is 6.92 Å². The summed E-state index contributed by atoms with van der Waals surface area (Å²) in [6, 6.07) is 12.9. The van der Waals surface area contributed by atoms with Crippen LogP contribution in [0.15, 0.2) is 46.3 Å². The van der Waals surface area contributed by atoms with E-state index in [1.54, 1.807) is 4.90 Å². The zero-order valence-electron chi connectivity index (χ0n) is 23.6. The highest BCUT2D eigenvalue weighted by Gasteiger charge is 2.36. The number of aryl methyl sites for hydroxylation is 1. The van der Waals surface area contributed by atoms with Crippen LogP contribution in [0.5, 0.6) is 0 Å². The van der Waals surface area contributed by atoms with Crippen molar-refractivity contribution >= 4 is 46.0 Å². The first kappa shape index (κ1) is 26.8. The number of amidine groups is 1. The maximum atomic E-state index is 13.4. The third-order valence-corrected chi connectivity index (χ3v) is 9.04. The topological polar surface area (TPSA) is 48.4 Å². The van der Waals surface area contributed by atoms with Crippen molar-refractivity contribution in [1.82, 2.24) is 4.90 Å². The van der Waals surface area contributed by atoms with Gasteiger partial charge in [0, 0.05) is 43.1 Å². The highest BCUT2D eigenvalue weighted by molar-refractivity contribution is 8.18. The Balaban J connectivity index is 1.42. The molecule has 1 atom stereocenters. The number of amides is 1. The molecule has 2 fully saturated rings. The molecule has 3 aliphatic heterocycles. The molecule has 5 rings (SSSR count). The van der Waals surface area contributed by atoms with E-state index in [1.807, 2.05) is 19.1 Å². The van der Waals surface area contributed by atoms with Gasteiger partial charge in [0.25, 0.3) is 5.91 Å². The molecule has 1 amide bonds. The van der Waals surface area contributed by atoms with Gasteiger partial charge in [0.15, 0.2) is 5.17 Å². The number of rotatable bonds is 5. The molecular weight excluding hydrogens is 492 g/mol. The van der Waals surface area contributed by atoms with Crippen LogP contribution in [0.3, 0.4) is 0 Å². The Morgan fingerprint density at radius 1 is 1.11 bits per heavy atom.